The van der Waals surface area contributed by atoms with E-state index >= 15 is 0 Å². The van der Waals surface area contributed by atoms with Gasteiger partial charge >= 0.3 is 6.09 Å². The van der Waals surface area contributed by atoms with Crippen LogP contribution in [0.1, 0.15) is 50.3 Å². The molecule has 0 spiro atoms. The highest BCUT2D eigenvalue weighted by atomic mass is 16.6. The molecule has 4 heteroatoms. The van der Waals surface area contributed by atoms with Crippen LogP contribution in [-0.2, 0) is 10.3 Å². The van der Waals surface area contributed by atoms with E-state index in [-0.39, 0.29) is 12.1 Å². The monoisotopic (exact) mass is 468 g/mol. The Bertz CT molecular complexity index is 1030. The number of carbonyl (C=O) groups excluding carboxylic acids is 1. The highest BCUT2D eigenvalue weighted by Gasteiger charge is 2.48. The third-order valence-corrected chi connectivity index (χ3v) is 7.42. The van der Waals surface area contributed by atoms with Crippen molar-refractivity contribution in [3.05, 3.63) is 108 Å². The maximum absolute atomic E-state index is 13.2. The van der Waals surface area contributed by atoms with Gasteiger partial charge in [0.25, 0.3) is 0 Å². The van der Waals surface area contributed by atoms with Crippen LogP contribution in [-0.4, -0.2) is 47.2 Å². The molecule has 0 aliphatic carbocycles. The predicted molar refractivity (Wildman–Crippen MR) is 140 cm³/mol. The Morgan fingerprint density at radius 3 is 1.71 bits per heavy atom. The van der Waals surface area contributed by atoms with Crippen molar-refractivity contribution in [3.8, 4) is 0 Å². The van der Waals surface area contributed by atoms with Gasteiger partial charge in [0.1, 0.15) is 5.60 Å². The largest absolute Gasteiger partial charge is 0.444 e. The first kappa shape index (κ1) is 23.6. The van der Waals surface area contributed by atoms with Crippen LogP contribution in [0.5, 0.6) is 0 Å². The summed E-state index contributed by atoms with van der Waals surface area (Å²) in [6.45, 7) is 8.39. The Morgan fingerprint density at radius 2 is 1.26 bits per heavy atom. The Balaban J connectivity index is 1.62. The molecule has 2 fully saturated rings. The van der Waals surface area contributed by atoms with Crippen LogP contribution < -0.4 is 0 Å². The molecule has 182 valence electrons. The molecule has 2 unspecified atom stereocenters. The number of benzene rings is 3. The van der Waals surface area contributed by atoms with E-state index in [4.69, 9.17) is 4.74 Å². The number of ether oxygens (including phenoxy) is 1. The van der Waals surface area contributed by atoms with E-state index in [1.165, 1.54) is 16.7 Å². The lowest BCUT2D eigenvalue weighted by Crippen LogP contribution is -2.54. The van der Waals surface area contributed by atoms with E-state index in [1.54, 1.807) is 0 Å². The van der Waals surface area contributed by atoms with Crippen molar-refractivity contribution >= 4 is 6.09 Å². The van der Waals surface area contributed by atoms with E-state index in [2.05, 4.69) is 95.9 Å². The molecule has 1 amide bonds. The van der Waals surface area contributed by atoms with Crippen LogP contribution in [0.15, 0.2) is 91.0 Å². The first-order chi connectivity index (χ1) is 16.9. The lowest BCUT2D eigenvalue weighted by Gasteiger charge is -2.47. The molecule has 35 heavy (non-hydrogen) atoms. The molecular weight excluding hydrogens is 432 g/mol. The Kier molecular flexibility index (Phi) is 6.41. The Morgan fingerprint density at radius 1 is 0.771 bits per heavy atom. The normalized spacial score (nSPS) is 20.9. The molecular formula is C31H36N2O2. The molecule has 3 aromatic rings. The molecule has 3 aromatic carbocycles. The van der Waals surface area contributed by atoms with Gasteiger partial charge in [-0.25, -0.2) is 4.79 Å². The summed E-state index contributed by atoms with van der Waals surface area (Å²) < 4.78 is 5.81. The molecule has 0 saturated carbocycles. The molecule has 2 heterocycles. The number of hydrogen-bond donors (Lipinski definition) is 0. The topological polar surface area (TPSA) is 32.8 Å². The summed E-state index contributed by atoms with van der Waals surface area (Å²) in [6.07, 6.45) is 1.91. The first-order valence-electron chi connectivity index (χ1n) is 12.8. The first-order valence-corrected chi connectivity index (χ1v) is 12.8. The number of carbonyl (C=O) groups is 1. The SMILES string of the molecule is CC(C)(C)OC(=O)N1CC2CCN(C(c3ccccc3)(c3ccccc3)c3ccccc3)CC1C2. The number of amides is 1. The van der Waals surface area contributed by atoms with Gasteiger partial charge in [-0.15, -0.1) is 0 Å². The smallest absolute Gasteiger partial charge is 0.410 e. The molecule has 5 rings (SSSR count). The molecule has 2 aliphatic rings. The number of rotatable bonds is 4. The van der Waals surface area contributed by atoms with Gasteiger partial charge in [-0.05, 0) is 56.2 Å². The number of hydrogen-bond acceptors (Lipinski definition) is 3. The zero-order chi connectivity index (χ0) is 24.5. The number of nitrogens with zero attached hydrogens (tertiary/aromatic N) is 2. The zero-order valence-corrected chi connectivity index (χ0v) is 21.1. The van der Waals surface area contributed by atoms with E-state index in [1.807, 2.05) is 25.7 Å². The van der Waals surface area contributed by atoms with Gasteiger partial charge in [0, 0.05) is 25.7 Å². The quantitative estimate of drug-likeness (QED) is 0.421. The van der Waals surface area contributed by atoms with Gasteiger partial charge in [0.2, 0.25) is 0 Å². The summed E-state index contributed by atoms with van der Waals surface area (Å²) in [5.41, 5.74) is 2.80. The maximum atomic E-state index is 13.2. The summed E-state index contributed by atoms with van der Waals surface area (Å²) in [7, 11) is 0. The van der Waals surface area contributed by atoms with Crippen molar-refractivity contribution in [3.63, 3.8) is 0 Å². The van der Waals surface area contributed by atoms with E-state index in [0.29, 0.717) is 5.92 Å². The summed E-state index contributed by atoms with van der Waals surface area (Å²) >= 11 is 0. The fraction of sp³-hybridized carbons (Fsp3) is 0.387. The van der Waals surface area contributed by atoms with Crippen molar-refractivity contribution in [2.24, 2.45) is 5.92 Å². The van der Waals surface area contributed by atoms with Crippen LogP contribution in [0.25, 0.3) is 0 Å². The van der Waals surface area contributed by atoms with Gasteiger partial charge < -0.3 is 9.64 Å². The van der Waals surface area contributed by atoms with Gasteiger partial charge in [-0.2, -0.15) is 0 Å². The second-order valence-electron chi connectivity index (χ2n) is 10.9. The van der Waals surface area contributed by atoms with E-state index in [9.17, 15) is 4.79 Å². The minimum atomic E-state index is -0.495. The average molecular weight is 469 g/mol. The fourth-order valence-electron chi connectivity index (χ4n) is 6.01. The minimum Gasteiger partial charge on any atom is -0.444 e. The third kappa shape index (κ3) is 4.60. The Labute approximate surface area is 209 Å². The van der Waals surface area contributed by atoms with E-state index in [0.717, 1.165) is 32.5 Å². The summed E-state index contributed by atoms with van der Waals surface area (Å²) in [5, 5.41) is 0. The van der Waals surface area contributed by atoms with Crippen molar-refractivity contribution < 1.29 is 9.53 Å². The predicted octanol–water partition coefficient (Wildman–Crippen LogP) is 6.31. The lowest BCUT2D eigenvalue weighted by atomic mass is 9.75. The van der Waals surface area contributed by atoms with Crippen LogP contribution in [0.2, 0.25) is 0 Å². The molecule has 2 saturated heterocycles. The summed E-state index contributed by atoms with van der Waals surface area (Å²) in [6, 6.07) is 32.6. The van der Waals surface area contributed by atoms with Crippen LogP contribution in [0.4, 0.5) is 4.79 Å². The van der Waals surface area contributed by atoms with Gasteiger partial charge in [0.15, 0.2) is 0 Å². The summed E-state index contributed by atoms with van der Waals surface area (Å²) in [5.74, 6) is 0.498. The van der Waals surface area contributed by atoms with Gasteiger partial charge in [-0.1, -0.05) is 91.0 Å². The highest BCUT2D eigenvalue weighted by molar-refractivity contribution is 5.69. The molecule has 0 N–H and O–H groups in total. The number of fused-ring (bicyclic) bond motifs is 2. The zero-order valence-electron chi connectivity index (χ0n) is 21.1. The second kappa shape index (κ2) is 9.50. The third-order valence-electron chi connectivity index (χ3n) is 7.42. The van der Waals surface area contributed by atoms with Gasteiger partial charge in [-0.3, -0.25) is 4.90 Å². The fourth-order valence-corrected chi connectivity index (χ4v) is 6.01. The molecule has 0 aromatic heterocycles. The molecule has 0 radical (unpaired) electrons. The van der Waals surface area contributed by atoms with Crippen molar-refractivity contribution in [1.82, 2.24) is 9.80 Å². The minimum absolute atomic E-state index is 0.132. The second-order valence-corrected chi connectivity index (χ2v) is 10.9. The maximum Gasteiger partial charge on any atom is 0.410 e. The number of likely N-dealkylation sites (tertiary alicyclic amines) is 2. The molecule has 2 atom stereocenters. The summed E-state index contributed by atoms with van der Waals surface area (Å²) in [4.78, 5) is 17.8. The van der Waals surface area contributed by atoms with Crippen LogP contribution in [0, 0.1) is 5.92 Å². The van der Waals surface area contributed by atoms with Crippen LogP contribution >= 0.6 is 0 Å². The average Bonchev–Trinajstić information content (AvgIpc) is 3.14. The molecule has 2 aliphatic heterocycles. The van der Waals surface area contributed by atoms with Crippen molar-refractivity contribution in [2.45, 2.75) is 50.8 Å². The standard InChI is InChI=1S/C31H36N2O2/c1-30(2,3)35-29(34)33-22-24-19-20-32(23-28(33)21-24)31(25-13-7-4-8-14-25,26-15-9-5-10-16-26)27-17-11-6-12-18-27/h4-18,24,28H,19-23H2,1-3H3. The molecule has 4 nitrogen and oxygen atoms in total. The van der Waals surface area contributed by atoms with Crippen molar-refractivity contribution in [1.29, 1.82) is 0 Å². The van der Waals surface area contributed by atoms with E-state index < -0.39 is 11.1 Å². The van der Waals surface area contributed by atoms with Gasteiger partial charge in [0.05, 0.1) is 5.54 Å². The van der Waals surface area contributed by atoms with Crippen molar-refractivity contribution in [2.75, 3.05) is 19.6 Å². The lowest BCUT2D eigenvalue weighted by molar-refractivity contribution is 0.0139. The van der Waals surface area contributed by atoms with Crippen LogP contribution in [0.3, 0.4) is 0 Å². The molecule has 2 bridgehead atoms. The Hall–Kier alpha value is -3.11. The highest BCUT2D eigenvalue weighted by Crippen LogP contribution is 2.45.